The number of nitrogens with zero attached hydrogens (tertiary/aromatic N) is 3. The molecular weight excluding hydrogens is 234 g/mol. The maximum Gasteiger partial charge on any atom is 0.355 e. The van der Waals surface area contributed by atoms with Crippen LogP contribution in [-0.2, 0) is 0 Å². The minimum atomic E-state index is -1.08. The minimum absolute atomic E-state index is 0.0307. The molecule has 0 aliphatic carbocycles. The third-order valence-corrected chi connectivity index (χ3v) is 2.03. The van der Waals surface area contributed by atoms with Gasteiger partial charge in [-0.15, -0.1) is 0 Å². The van der Waals surface area contributed by atoms with E-state index in [0.29, 0.717) is 11.4 Å². The van der Waals surface area contributed by atoms with Crippen LogP contribution in [0.3, 0.4) is 0 Å². The van der Waals surface area contributed by atoms with E-state index in [1.165, 1.54) is 6.20 Å². The van der Waals surface area contributed by atoms with Crippen LogP contribution in [0.1, 0.15) is 16.1 Å². The lowest BCUT2D eigenvalue weighted by atomic mass is 10.1. The summed E-state index contributed by atoms with van der Waals surface area (Å²) in [6.45, 7) is 1.84. The van der Waals surface area contributed by atoms with Crippen LogP contribution in [0.5, 0.6) is 0 Å². The second-order valence-electron chi connectivity index (χ2n) is 3.29. The van der Waals surface area contributed by atoms with Gasteiger partial charge in [0, 0.05) is 25.7 Å². The van der Waals surface area contributed by atoms with Gasteiger partial charge in [-0.05, 0) is 24.6 Å². The van der Waals surface area contributed by atoms with Crippen molar-refractivity contribution in [1.82, 2.24) is 15.0 Å². The SMILES string of the molecule is CO.Cc1cnc(C(=O)O)c(-c2ncccn2)c1. The van der Waals surface area contributed by atoms with Gasteiger partial charge in [-0.3, -0.25) is 0 Å². The summed E-state index contributed by atoms with van der Waals surface area (Å²) in [7, 11) is 1.00. The molecule has 0 unspecified atom stereocenters. The number of carboxylic acid groups (broad SMARTS) is 1. The van der Waals surface area contributed by atoms with Crippen LogP contribution in [0.2, 0.25) is 0 Å². The maximum atomic E-state index is 11.0. The molecule has 0 fully saturated rings. The van der Waals surface area contributed by atoms with Gasteiger partial charge >= 0.3 is 5.97 Å². The van der Waals surface area contributed by atoms with E-state index in [1.54, 1.807) is 24.5 Å². The lowest BCUT2D eigenvalue weighted by molar-refractivity contribution is 0.0691. The van der Waals surface area contributed by atoms with Crippen molar-refractivity contribution < 1.29 is 15.0 Å². The lowest BCUT2D eigenvalue weighted by Gasteiger charge is -2.04. The van der Waals surface area contributed by atoms with Crippen molar-refractivity contribution in [2.24, 2.45) is 0 Å². The molecule has 0 spiro atoms. The molecule has 18 heavy (non-hydrogen) atoms. The van der Waals surface area contributed by atoms with Crippen LogP contribution in [0.25, 0.3) is 11.4 Å². The Hall–Kier alpha value is -2.34. The topological polar surface area (TPSA) is 96.2 Å². The average molecular weight is 247 g/mol. The Labute approximate surface area is 104 Å². The van der Waals surface area contributed by atoms with E-state index in [1.807, 2.05) is 6.92 Å². The molecule has 2 rings (SSSR count). The van der Waals surface area contributed by atoms with Gasteiger partial charge < -0.3 is 10.2 Å². The zero-order chi connectivity index (χ0) is 13.5. The van der Waals surface area contributed by atoms with Crippen molar-refractivity contribution in [3.8, 4) is 11.4 Å². The van der Waals surface area contributed by atoms with Gasteiger partial charge in [-0.25, -0.2) is 19.7 Å². The van der Waals surface area contributed by atoms with Crippen LogP contribution in [0.4, 0.5) is 0 Å². The number of hydrogen-bond donors (Lipinski definition) is 2. The Morgan fingerprint density at radius 1 is 1.17 bits per heavy atom. The number of aromatic nitrogens is 3. The molecule has 0 saturated carbocycles. The van der Waals surface area contributed by atoms with E-state index in [2.05, 4.69) is 15.0 Å². The fourth-order valence-electron chi connectivity index (χ4n) is 1.35. The second kappa shape index (κ2) is 6.41. The van der Waals surface area contributed by atoms with E-state index in [-0.39, 0.29) is 5.69 Å². The monoisotopic (exact) mass is 247 g/mol. The third-order valence-electron chi connectivity index (χ3n) is 2.03. The zero-order valence-corrected chi connectivity index (χ0v) is 10.0. The average Bonchev–Trinajstić information content (AvgIpc) is 2.41. The first-order valence-corrected chi connectivity index (χ1v) is 5.10. The smallest absolute Gasteiger partial charge is 0.355 e. The molecule has 0 bridgehead atoms. The highest BCUT2D eigenvalue weighted by atomic mass is 16.4. The van der Waals surface area contributed by atoms with E-state index < -0.39 is 5.97 Å². The normalized spacial score (nSPS) is 9.28. The number of pyridine rings is 1. The number of rotatable bonds is 2. The van der Waals surface area contributed by atoms with E-state index in [4.69, 9.17) is 10.2 Å². The Balaban J connectivity index is 0.000000771. The molecule has 2 N–H and O–H groups in total. The van der Waals surface area contributed by atoms with Crippen LogP contribution in [0.15, 0.2) is 30.7 Å². The van der Waals surface area contributed by atoms with Crippen LogP contribution in [0, 0.1) is 6.92 Å². The molecule has 6 heteroatoms. The lowest BCUT2D eigenvalue weighted by Crippen LogP contribution is -2.05. The molecule has 0 radical (unpaired) electrons. The predicted octanol–water partition coefficient (Wildman–Crippen LogP) is 1.15. The third kappa shape index (κ3) is 3.08. The van der Waals surface area contributed by atoms with Gasteiger partial charge in [0.25, 0.3) is 0 Å². The van der Waals surface area contributed by atoms with Gasteiger partial charge in [0.2, 0.25) is 0 Å². The fourth-order valence-corrected chi connectivity index (χ4v) is 1.35. The van der Waals surface area contributed by atoms with Gasteiger partial charge in [-0.1, -0.05) is 0 Å². The van der Waals surface area contributed by atoms with Crippen molar-refractivity contribution in [2.45, 2.75) is 6.92 Å². The highest BCUT2D eigenvalue weighted by molar-refractivity contribution is 5.92. The Kier molecular flexibility index (Phi) is 4.89. The molecule has 2 aromatic heterocycles. The summed E-state index contributed by atoms with van der Waals surface area (Å²) in [5.41, 5.74) is 1.28. The highest BCUT2D eigenvalue weighted by Crippen LogP contribution is 2.19. The molecule has 0 amide bonds. The molecule has 6 nitrogen and oxygen atoms in total. The van der Waals surface area contributed by atoms with Crippen LogP contribution >= 0.6 is 0 Å². The summed E-state index contributed by atoms with van der Waals surface area (Å²) in [6, 6.07) is 3.39. The number of carbonyl (C=O) groups is 1. The fraction of sp³-hybridized carbons (Fsp3) is 0.167. The Morgan fingerprint density at radius 3 is 2.33 bits per heavy atom. The molecule has 0 aromatic carbocycles. The number of hydrogen-bond acceptors (Lipinski definition) is 5. The standard InChI is InChI=1S/C11H9N3O2.CH4O/c1-7-5-8(9(11(15)16)14-6-7)10-12-3-2-4-13-10;1-2/h2-6H,1H3,(H,15,16);2H,1H3. The van der Waals surface area contributed by atoms with E-state index >= 15 is 0 Å². The second-order valence-corrected chi connectivity index (χ2v) is 3.29. The summed E-state index contributed by atoms with van der Waals surface area (Å²) in [4.78, 5) is 22.9. The summed E-state index contributed by atoms with van der Waals surface area (Å²) in [5.74, 6) is -0.710. The molecule has 2 heterocycles. The number of aliphatic hydroxyl groups excluding tert-OH is 1. The van der Waals surface area contributed by atoms with Crippen molar-refractivity contribution in [3.63, 3.8) is 0 Å². The zero-order valence-electron chi connectivity index (χ0n) is 10.0. The first-order chi connectivity index (χ1) is 8.68. The van der Waals surface area contributed by atoms with Gasteiger partial charge in [-0.2, -0.15) is 0 Å². The molecular formula is C12H13N3O3. The Morgan fingerprint density at radius 2 is 1.78 bits per heavy atom. The minimum Gasteiger partial charge on any atom is -0.476 e. The molecule has 0 aliphatic rings. The van der Waals surface area contributed by atoms with Gasteiger partial charge in [0.05, 0.1) is 5.56 Å². The molecule has 0 saturated heterocycles. The van der Waals surface area contributed by atoms with E-state index in [0.717, 1.165) is 12.7 Å². The largest absolute Gasteiger partial charge is 0.476 e. The molecule has 0 aliphatic heterocycles. The summed E-state index contributed by atoms with van der Waals surface area (Å²) in [6.07, 6.45) is 4.64. The first-order valence-electron chi connectivity index (χ1n) is 5.10. The number of aryl methyl sites for hydroxylation is 1. The predicted molar refractivity (Wildman–Crippen MR) is 65.1 cm³/mol. The maximum absolute atomic E-state index is 11.0. The van der Waals surface area contributed by atoms with Gasteiger partial charge in [0.1, 0.15) is 0 Å². The Bertz CT molecular complexity index is 529. The summed E-state index contributed by atoms with van der Waals surface area (Å²) >= 11 is 0. The van der Waals surface area contributed by atoms with Gasteiger partial charge in [0.15, 0.2) is 11.5 Å². The quantitative estimate of drug-likeness (QED) is 0.826. The molecule has 2 aromatic rings. The molecule has 0 atom stereocenters. The van der Waals surface area contributed by atoms with Crippen LogP contribution < -0.4 is 0 Å². The molecule has 94 valence electrons. The summed E-state index contributed by atoms with van der Waals surface area (Å²) in [5, 5.41) is 16.0. The van der Waals surface area contributed by atoms with Crippen molar-refractivity contribution in [3.05, 3.63) is 42.0 Å². The van der Waals surface area contributed by atoms with Crippen molar-refractivity contribution in [1.29, 1.82) is 0 Å². The van der Waals surface area contributed by atoms with Crippen molar-refractivity contribution >= 4 is 5.97 Å². The van der Waals surface area contributed by atoms with E-state index in [9.17, 15) is 4.79 Å². The highest BCUT2D eigenvalue weighted by Gasteiger charge is 2.15. The first kappa shape index (κ1) is 13.7. The number of carboxylic acids is 1. The summed E-state index contributed by atoms with van der Waals surface area (Å²) < 4.78 is 0. The van der Waals surface area contributed by atoms with Crippen LogP contribution in [-0.4, -0.2) is 38.2 Å². The number of aliphatic hydroxyl groups is 1. The van der Waals surface area contributed by atoms with Crippen molar-refractivity contribution in [2.75, 3.05) is 7.11 Å². The number of aromatic carboxylic acids is 1.